The van der Waals surface area contributed by atoms with Gasteiger partial charge >= 0.3 is 0 Å². The zero-order valence-electron chi connectivity index (χ0n) is 33.7. The molecule has 0 atom stereocenters. The van der Waals surface area contributed by atoms with E-state index in [0.717, 1.165) is 40.8 Å². The summed E-state index contributed by atoms with van der Waals surface area (Å²) in [7, 11) is 0. The Morgan fingerprint density at radius 3 is 1.69 bits per heavy atom. The van der Waals surface area contributed by atoms with Gasteiger partial charge in [-0.25, -0.2) is 9.97 Å². The zero-order chi connectivity index (χ0) is 39.4. The maximum atomic E-state index is 5.70. The highest BCUT2D eigenvalue weighted by Gasteiger charge is 2.38. The molecule has 0 radical (unpaired) electrons. The summed E-state index contributed by atoms with van der Waals surface area (Å²) in [5.41, 5.74) is 17.2. The number of benzene rings is 8. The smallest absolute Gasteiger partial charge is 0.235 e. The lowest BCUT2D eigenvalue weighted by atomic mass is 9.81. The maximum absolute atomic E-state index is 5.70. The topological polar surface area (TPSA) is 30.7 Å². The molecule has 0 aliphatic heterocycles. The van der Waals surface area contributed by atoms with E-state index in [0.29, 0.717) is 5.95 Å². The minimum absolute atomic E-state index is 0.108. The number of aromatic nitrogens is 3. The van der Waals surface area contributed by atoms with Crippen LogP contribution in [0.25, 0.3) is 99.7 Å². The van der Waals surface area contributed by atoms with Crippen LogP contribution in [0.5, 0.6) is 0 Å². The quantitative estimate of drug-likeness (QED) is 0.165. The van der Waals surface area contributed by atoms with Gasteiger partial charge in [0.25, 0.3) is 0 Å². The average molecular weight is 756 g/mol. The molecule has 3 nitrogen and oxygen atoms in total. The Labute approximate surface area is 343 Å². The first-order valence-electron chi connectivity index (χ1n) is 21.1. The zero-order valence-corrected chi connectivity index (χ0v) is 33.7. The summed E-state index contributed by atoms with van der Waals surface area (Å²) < 4.78 is 2.38. The van der Waals surface area contributed by atoms with Crippen LogP contribution < -0.4 is 0 Å². The molecule has 2 aromatic heterocycles. The highest BCUT2D eigenvalue weighted by Crippen LogP contribution is 2.53. The van der Waals surface area contributed by atoms with Crippen LogP contribution in [-0.4, -0.2) is 14.5 Å². The Morgan fingerprint density at radius 2 is 1.00 bits per heavy atom. The Hall–Kier alpha value is -6.84. The highest BCUT2D eigenvalue weighted by atomic mass is 15.2. The lowest BCUT2D eigenvalue weighted by Crippen LogP contribution is -2.15. The van der Waals surface area contributed by atoms with Gasteiger partial charge in [0.2, 0.25) is 5.95 Å². The molecule has 0 bridgehead atoms. The molecule has 0 saturated heterocycles. The molecule has 59 heavy (non-hydrogen) atoms. The van der Waals surface area contributed by atoms with Crippen LogP contribution in [0.3, 0.4) is 0 Å². The van der Waals surface area contributed by atoms with Gasteiger partial charge in [0, 0.05) is 32.7 Å². The van der Waals surface area contributed by atoms with Gasteiger partial charge in [-0.1, -0.05) is 143 Å². The van der Waals surface area contributed by atoms with Crippen molar-refractivity contribution in [1.29, 1.82) is 0 Å². The molecule has 0 unspecified atom stereocenters. The van der Waals surface area contributed by atoms with Gasteiger partial charge in [-0.05, 0) is 126 Å². The molecule has 3 aliphatic rings. The molecule has 0 spiro atoms. The van der Waals surface area contributed by atoms with Gasteiger partial charge in [-0.2, -0.15) is 0 Å². The molecule has 0 saturated carbocycles. The second-order valence-electron chi connectivity index (χ2n) is 18.0. The fourth-order valence-electron chi connectivity index (χ4n) is 11.3. The van der Waals surface area contributed by atoms with Crippen LogP contribution in [0.15, 0.2) is 146 Å². The summed E-state index contributed by atoms with van der Waals surface area (Å²) in [6.07, 6.45) is 6.39. The van der Waals surface area contributed by atoms with Crippen molar-refractivity contribution in [1.82, 2.24) is 14.5 Å². The predicted molar refractivity (Wildman–Crippen MR) is 247 cm³/mol. The Bertz CT molecular complexity index is 3560. The number of rotatable bonds is 2. The van der Waals surface area contributed by atoms with E-state index in [1.807, 2.05) is 0 Å². The normalized spacial score (nSPS) is 15.5. The first-order chi connectivity index (χ1) is 28.8. The number of allylic oxidation sites excluding steroid dienone is 1. The van der Waals surface area contributed by atoms with Gasteiger partial charge < -0.3 is 0 Å². The van der Waals surface area contributed by atoms with Crippen molar-refractivity contribution in [2.75, 3.05) is 0 Å². The van der Waals surface area contributed by atoms with Crippen LogP contribution in [0.4, 0.5) is 0 Å². The number of hydrogen-bond acceptors (Lipinski definition) is 2. The molecule has 3 aliphatic carbocycles. The van der Waals surface area contributed by atoms with Crippen molar-refractivity contribution in [3.8, 4) is 39.5 Å². The first-order valence-corrected chi connectivity index (χ1v) is 21.1. The molecular weight excluding hydrogens is 715 g/mol. The lowest BCUT2D eigenvalue weighted by Gasteiger charge is -2.23. The largest absolute Gasteiger partial charge is 0.278 e. The maximum Gasteiger partial charge on any atom is 0.235 e. The van der Waals surface area contributed by atoms with Crippen molar-refractivity contribution in [3.63, 3.8) is 0 Å². The molecule has 280 valence electrons. The Kier molecular flexibility index (Phi) is 6.42. The van der Waals surface area contributed by atoms with Crippen LogP contribution >= 0.6 is 0 Å². The van der Waals surface area contributed by atoms with E-state index in [9.17, 15) is 0 Å². The summed E-state index contributed by atoms with van der Waals surface area (Å²) in [5.74, 6) is 0.714. The molecule has 2 heterocycles. The van der Waals surface area contributed by atoms with Gasteiger partial charge in [0.1, 0.15) is 0 Å². The van der Waals surface area contributed by atoms with Gasteiger partial charge in [0.15, 0.2) is 0 Å². The summed E-state index contributed by atoms with van der Waals surface area (Å²) in [6.45, 7) is 9.46. The summed E-state index contributed by atoms with van der Waals surface area (Å²) in [4.78, 5) is 11.2. The molecule has 8 aromatic carbocycles. The predicted octanol–water partition coefficient (Wildman–Crippen LogP) is 14.3. The third kappa shape index (κ3) is 4.32. The summed E-state index contributed by atoms with van der Waals surface area (Å²) in [6, 6.07) is 52.5. The van der Waals surface area contributed by atoms with E-state index in [2.05, 4.69) is 184 Å². The second-order valence-corrected chi connectivity index (χ2v) is 18.0. The molecular formula is C56H41N3. The van der Waals surface area contributed by atoms with Gasteiger partial charge in [0.05, 0.1) is 22.4 Å². The monoisotopic (exact) mass is 755 g/mol. The van der Waals surface area contributed by atoms with Crippen LogP contribution in [0.1, 0.15) is 67.6 Å². The van der Waals surface area contributed by atoms with Crippen molar-refractivity contribution >= 4 is 60.2 Å². The SMILES string of the molecule is CC1(C)c2ccccc2-c2ccc(-c3nc(-n4c5cc6c(cc5c5cc7c8ccccc8c8ccccc8c7cc54)-c4ccccc4C6(C)C)nc4c3CCC=C4)cc21. The molecule has 0 amide bonds. The van der Waals surface area contributed by atoms with Crippen molar-refractivity contribution < 1.29 is 0 Å². The van der Waals surface area contributed by atoms with Crippen LogP contribution in [-0.2, 0) is 17.3 Å². The van der Waals surface area contributed by atoms with Crippen molar-refractivity contribution in [2.45, 2.75) is 51.4 Å². The van der Waals surface area contributed by atoms with E-state index in [1.165, 1.54) is 93.2 Å². The minimum Gasteiger partial charge on any atom is -0.278 e. The van der Waals surface area contributed by atoms with Crippen molar-refractivity contribution in [2.24, 2.45) is 0 Å². The van der Waals surface area contributed by atoms with Crippen molar-refractivity contribution in [3.05, 3.63) is 179 Å². The number of hydrogen-bond donors (Lipinski definition) is 0. The van der Waals surface area contributed by atoms with Crippen LogP contribution in [0, 0.1) is 0 Å². The fourth-order valence-corrected chi connectivity index (χ4v) is 11.3. The summed E-state index contributed by atoms with van der Waals surface area (Å²) in [5, 5.41) is 10.0. The number of fused-ring (bicyclic) bond motifs is 16. The Morgan fingerprint density at radius 1 is 0.458 bits per heavy atom. The Balaban J connectivity index is 1.15. The second kappa shape index (κ2) is 11.4. The summed E-state index contributed by atoms with van der Waals surface area (Å²) >= 11 is 0. The molecule has 13 rings (SSSR count). The van der Waals surface area contributed by atoms with Gasteiger partial charge in [-0.15, -0.1) is 0 Å². The van der Waals surface area contributed by atoms with E-state index < -0.39 is 0 Å². The van der Waals surface area contributed by atoms with Gasteiger partial charge in [-0.3, -0.25) is 4.57 Å². The number of nitrogens with zero attached hydrogens (tertiary/aromatic N) is 3. The first kappa shape index (κ1) is 33.2. The highest BCUT2D eigenvalue weighted by molar-refractivity contribution is 6.29. The lowest BCUT2D eigenvalue weighted by molar-refractivity contribution is 0.660. The van der Waals surface area contributed by atoms with E-state index in [-0.39, 0.29) is 10.8 Å². The molecule has 0 N–H and O–H groups in total. The van der Waals surface area contributed by atoms with Crippen LogP contribution in [0.2, 0.25) is 0 Å². The molecule has 10 aromatic rings. The third-order valence-corrected chi connectivity index (χ3v) is 14.3. The van der Waals surface area contributed by atoms with E-state index in [4.69, 9.17) is 9.97 Å². The van der Waals surface area contributed by atoms with E-state index in [1.54, 1.807) is 0 Å². The standard InChI is InChI=1S/C56H41N3/c1-55(2)46-22-12-9-19-37(46)39-26-25-32(27-48(39)55)53-40-21-11-14-24-50(40)57-54(58-53)59-51-30-42-36-18-8-6-16-34(36)33-15-5-7-17-35(33)41(42)28-44(51)45-29-43-38-20-10-13-23-47(38)56(3,4)49(43)31-52(45)59/h5-10,12-20,22-31H,11,21H2,1-4H3. The minimum atomic E-state index is -0.155. The third-order valence-electron chi connectivity index (χ3n) is 14.3. The molecule has 3 heteroatoms. The van der Waals surface area contributed by atoms with E-state index >= 15 is 0 Å². The fraction of sp³-hybridized carbons (Fsp3) is 0.143. The average Bonchev–Trinajstić information content (AvgIpc) is 3.80. The molecule has 0 fully saturated rings.